The van der Waals surface area contributed by atoms with E-state index in [0.717, 1.165) is 19.4 Å². The van der Waals surface area contributed by atoms with E-state index in [9.17, 15) is 5.11 Å². The Hall–Kier alpha value is -0.340. The normalized spacial score (nSPS) is 27.2. The molecule has 0 unspecified atom stereocenters. The summed E-state index contributed by atoms with van der Waals surface area (Å²) in [6.07, 6.45) is 5.85. The molecule has 0 aromatic carbocycles. The molecular formula is C8H15NO. The minimum atomic E-state index is -0.191. The largest absolute Gasteiger partial charge is 0.391 e. The molecule has 2 atom stereocenters. The van der Waals surface area contributed by atoms with Gasteiger partial charge >= 0.3 is 0 Å². The zero-order valence-electron chi connectivity index (χ0n) is 6.38. The van der Waals surface area contributed by atoms with Gasteiger partial charge in [0.05, 0.1) is 12.1 Å². The Balaban J connectivity index is 2.26. The first-order chi connectivity index (χ1) is 4.84. The van der Waals surface area contributed by atoms with Crippen molar-refractivity contribution in [2.24, 2.45) is 0 Å². The summed E-state index contributed by atoms with van der Waals surface area (Å²) in [4.78, 5) is 0. The van der Waals surface area contributed by atoms with Gasteiger partial charge in [-0.25, -0.2) is 0 Å². The van der Waals surface area contributed by atoms with Crippen LogP contribution in [0.25, 0.3) is 0 Å². The molecule has 0 fully saturated rings. The van der Waals surface area contributed by atoms with E-state index in [-0.39, 0.29) is 12.1 Å². The number of hydrogen-bond acceptors (Lipinski definition) is 2. The zero-order valence-corrected chi connectivity index (χ0v) is 6.38. The minimum absolute atomic E-state index is 0.191. The lowest BCUT2D eigenvalue weighted by atomic mass is 10.1. The molecule has 10 heavy (non-hydrogen) atoms. The lowest BCUT2D eigenvalue weighted by Crippen LogP contribution is -2.34. The number of aliphatic hydroxyl groups excluding tert-OH is 1. The Kier molecular flexibility index (Phi) is 2.90. The third-order valence-corrected chi connectivity index (χ3v) is 1.81. The Morgan fingerprint density at radius 2 is 2.60 bits per heavy atom. The molecule has 1 aliphatic rings. The van der Waals surface area contributed by atoms with Crippen LogP contribution < -0.4 is 5.32 Å². The van der Waals surface area contributed by atoms with Crippen molar-refractivity contribution >= 4 is 0 Å². The molecule has 58 valence electrons. The molecule has 0 saturated heterocycles. The topological polar surface area (TPSA) is 32.3 Å². The molecule has 0 bridgehead atoms. The maximum absolute atomic E-state index is 9.44. The summed E-state index contributed by atoms with van der Waals surface area (Å²) in [7, 11) is 0. The van der Waals surface area contributed by atoms with E-state index in [1.807, 2.05) is 6.08 Å². The fraction of sp³-hybridized carbons (Fsp3) is 0.750. The van der Waals surface area contributed by atoms with E-state index in [1.165, 1.54) is 0 Å². The molecule has 1 aliphatic heterocycles. The van der Waals surface area contributed by atoms with E-state index in [1.54, 1.807) is 0 Å². The summed E-state index contributed by atoms with van der Waals surface area (Å²) >= 11 is 0. The minimum Gasteiger partial charge on any atom is -0.391 e. The first kappa shape index (κ1) is 7.76. The average molecular weight is 141 g/mol. The van der Waals surface area contributed by atoms with Crippen LogP contribution in [-0.2, 0) is 0 Å². The lowest BCUT2D eigenvalue weighted by Gasteiger charge is -2.15. The summed E-state index contributed by atoms with van der Waals surface area (Å²) < 4.78 is 0. The highest BCUT2D eigenvalue weighted by atomic mass is 16.3. The van der Waals surface area contributed by atoms with Crippen LogP contribution in [0.15, 0.2) is 12.2 Å². The Morgan fingerprint density at radius 3 is 3.10 bits per heavy atom. The predicted molar refractivity (Wildman–Crippen MR) is 41.8 cm³/mol. The van der Waals surface area contributed by atoms with Gasteiger partial charge in [-0.05, 0) is 6.42 Å². The van der Waals surface area contributed by atoms with Crippen LogP contribution in [0, 0.1) is 0 Å². The van der Waals surface area contributed by atoms with Gasteiger partial charge in [-0.15, -0.1) is 0 Å². The van der Waals surface area contributed by atoms with Crippen molar-refractivity contribution in [3.63, 3.8) is 0 Å². The first-order valence-corrected chi connectivity index (χ1v) is 3.92. The molecule has 0 aromatic heterocycles. The maximum atomic E-state index is 9.44. The molecule has 2 N–H and O–H groups in total. The second kappa shape index (κ2) is 3.74. The van der Waals surface area contributed by atoms with Crippen LogP contribution in [0.1, 0.15) is 19.8 Å². The van der Waals surface area contributed by atoms with Gasteiger partial charge < -0.3 is 10.4 Å². The van der Waals surface area contributed by atoms with Gasteiger partial charge in [0.15, 0.2) is 0 Å². The molecular weight excluding hydrogens is 126 g/mol. The van der Waals surface area contributed by atoms with E-state index < -0.39 is 0 Å². The molecule has 0 aromatic rings. The molecule has 2 nitrogen and oxygen atoms in total. The molecule has 0 aliphatic carbocycles. The van der Waals surface area contributed by atoms with Gasteiger partial charge in [0.25, 0.3) is 0 Å². The summed E-state index contributed by atoms with van der Waals surface area (Å²) in [5.74, 6) is 0. The quantitative estimate of drug-likeness (QED) is 0.566. The molecule has 0 spiro atoms. The van der Waals surface area contributed by atoms with Gasteiger partial charge in [-0.2, -0.15) is 0 Å². The van der Waals surface area contributed by atoms with Crippen LogP contribution in [-0.4, -0.2) is 23.8 Å². The predicted octanol–water partition coefficient (Wildman–Crippen LogP) is 0.675. The van der Waals surface area contributed by atoms with Gasteiger partial charge in [0.1, 0.15) is 0 Å². The standard InChI is InChI=1S/C8H15NO/c1-2-4-8(10)7-5-3-6-9-7/h3,5,7-10H,2,4,6H2,1H3/t7-,8+/m0/s1. The Bertz CT molecular complexity index is 122. The number of aliphatic hydroxyl groups is 1. The molecule has 0 amide bonds. The van der Waals surface area contributed by atoms with Crippen molar-refractivity contribution < 1.29 is 5.11 Å². The fourth-order valence-corrected chi connectivity index (χ4v) is 1.23. The monoisotopic (exact) mass is 141 g/mol. The summed E-state index contributed by atoms with van der Waals surface area (Å²) in [6.45, 7) is 2.99. The Labute approximate surface area is 61.9 Å². The second-order valence-corrected chi connectivity index (χ2v) is 2.72. The molecule has 1 heterocycles. The lowest BCUT2D eigenvalue weighted by molar-refractivity contribution is 0.140. The summed E-state index contributed by atoms with van der Waals surface area (Å²) in [5, 5.41) is 12.6. The van der Waals surface area contributed by atoms with E-state index >= 15 is 0 Å². The van der Waals surface area contributed by atoms with Crippen molar-refractivity contribution in [2.75, 3.05) is 6.54 Å². The fourth-order valence-electron chi connectivity index (χ4n) is 1.23. The molecule has 1 rings (SSSR count). The van der Waals surface area contributed by atoms with Crippen molar-refractivity contribution in [1.82, 2.24) is 5.32 Å². The third kappa shape index (κ3) is 1.82. The van der Waals surface area contributed by atoms with Crippen molar-refractivity contribution in [2.45, 2.75) is 31.9 Å². The van der Waals surface area contributed by atoms with Crippen LogP contribution in [0.3, 0.4) is 0 Å². The maximum Gasteiger partial charge on any atom is 0.0729 e. The summed E-state index contributed by atoms with van der Waals surface area (Å²) in [6, 6.07) is 0.208. The zero-order chi connectivity index (χ0) is 7.40. The van der Waals surface area contributed by atoms with Crippen LogP contribution in [0.5, 0.6) is 0 Å². The smallest absolute Gasteiger partial charge is 0.0729 e. The van der Waals surface area contributed by atoms with Crippen LogP contribution >= 0.6 is 0 Å². The number of hydrogen-bond donors (Lipinski definition) is 2. The molecule has 2 heteroatoms. The van der Waals surface area contributed by atoms with Gasteiger partial charge in [-0.3, -0.25) is 0 Å². The molecule has 0 radical (unpaired) electrons. The van der Waals surface area contributed by atoms with Crippen molar-refractivity contribution in [3.05, 3.63) is 12.2 Å². The number of nitrogens with one attached hydrogen (secondary N) is 1. The van der Waals surface area contributed by atoms with Crippen LogP contribution in [0.4, 0.5) is 0 Å². The molecule has 0 saturated carbocycles. The van der Waals surface area contributed by atoms with E-state index in [4.69, 9.17) is 0 Å². The van der Waals surface area contributed by atoms with Crippen LogP contribution in [0.2, 0.25) is 0 Å². The highest BCUT2D eigenvalue weighted by Gasteiger charge is 2.16. The highest BCUT2D eigenvalue weighted by molar-refractivity contribution is 5.04. The van der Waals surface area contributed by atoms with Gasteiger partial charge in [0.2, 0.25) is 0 Å². The average Bonchev–Trinajstić information content (AvgIpc) is 2.38. The van der Waals surface area contributed by atoms with E-state index in [0.29, 0.717) is 0 Å². The third-order valence-electron chi connectivity index (χ3n) is 1.81. The van der Waals surface area contributed by atoms with Crippen molar-refractivity contribution in [1.29, 1.82) is 0 Å². The first-order valence-electron chi connectivity index (χ1n) is 3.92. The van der Waals surface area contributed by atoms with Gasteiger partial charge in [-0.1, -0.05) is 25.5 Å². The van der Waals surface area contributed by atoms with Gasteiger partial charge in [0, 0.05) is 6.54 Å². The number of rotatable bonds is 3. The Morgan fingerprint density at radius 1 is 1.80 bits per heavy atom. The van der Waals surface area contributed by atoms with Crippen molar-refractivity contribution in [3.8, 4) is 0 Å². The summed E-state index contributed by atoms with van der Waals surface area (Å²) in [5.41, 5.74) is 0. The second-order valence-electron chi connectivity index (χ2n) is 2.72. The highest BCUT2D eigenvalue weighted by Crippen LogP contribution is 2.06. The van der Waals surface area contributed by atoms with E-state index in [2.05, 4.69) is 18.3 Å². The SMILES string of the molecule is CCC[C@@H](O)[C@@H]1C=CCN1.